The average molecular weight is 315 g/mol. The zero-order valence-electron chi connectivity index (χ0n) is 12.0. The topological polar surface area (TPSA) is 57.6 Å². The molecule has 0 spiro atoms. The molecule has 0 saturated heterocycles. The van der Waals surface area contributed by atoms with Crippen LogP contribution in [-0.2, 0) is 21.2 Å². The van der Waals surface area contributed by atoms with Gasteiger partial charge in [0.25, 0.3) is 0 Å². The number of carbonyl (C=O) groups is 2. The Morgan fingerprint density at radius 1 is 1.32 bits per heavy atom. The number of rotatable bonds is 5. The lowest BCUT2D eigenvalue weighted by Gasteiger charge is -2.24. The van der Waals surface area contributed by atoms with E-state index in [-0.39, 0.29) is 18.9 Å². The molecule has 22 heavy (non-hydrogen) atoms. The number of likely N-dealkylation sites (N-methyl/N-ethyl adjacent to an activating group) is 1. The van der Waals surface area contributed by atoms with E-state index in [2.05, 4.69) is 0 Å². The van der Waals surface area contributed by atoms with E-state index < -0.39 is 23.1 Å². The summed E-state index contributed by atoms with van der Waals surface area (Å²) in [6.07, 6.45) is -3.69. The first kappa shape index (κ1) is 16.3. The molecule has 120 valence electrons. The highest BCUT2D eigenvalue weighted by Crippen LogP contribution is 2.50. The molecule has 1 aromatic carbocycles. The number of nitrogens with zero attached hydrogens (tertiary/aromatic N) is 1. The van der Waals surface area contributed by atoms with Crippen molar-refractivity contribution in [2.45, 2.75) is 30.9 Å². The van der Waals surface area contributed by atoms with E-state index >= 15 is 0 Å². The zero-order valence-corrected chi connectivity index (χ0v) is 12.0. The Labute approximate surface area is 125 Å². The summed E-state index contributed by atoms with van der Waals surface area (Å²) >= 11 is 0. The van der Waals surface area contributed by atoms with Gasteiger partial charge in [0.05, 0.1) is 17.4 Å². The molecule has 4 nitrogen and oxygen atoms in total. The molecule has 0 atom stereocenters. The van der Waals surface area contributed by atoms with Crippen LogP contribution in [0.2, 0.25) is 0 Å². The van der Waals surface area contributed by atoms with Crippen molar-refractivity contribution in [1.29, 1.82) is 0 Å². The number of benzene rings is 1. The van der Waals surface area contributed by atoms with E-state index in [1.807, 2.05) is 0 Å². The van der Waals surface area contributed by atoms with Crippen LogP contribution in [0.1, 0.15) is 30.4 Å². The maximum Gasteiger partial charge on any atom is 0.416 e. The molecule has 1 N–H and O–H groups in total. The SMILES string of the molecule is CN(CCC(=O)O)C(=O)C1(c2cccc(C(F)(F)F)c2)CC1. The molecule has 1 aromatic rings. The highest BCUT2D eigenvalue weighted by atomic mass is 19.4. The fourth-order valence-corrected chi connectivity index (χ4v) is 2.47. The molecule has 2 rings (SSSR count). The average Bonchev–Trinajstić information content (AvgIpc) is 3.25. The van der Waals surface area contributed by atoms with Gasteiger partial charge in [0, 0.05) is 13.6 Å². The van der Waals surface area contributed by atoms with Gasteiger partial charge >= 0.3 is 12.1 Å². The van der Waals surface area contributed by atoms with Gasteiger partial charge in [0.15, 0.2) is 0 Å². The summed E-state index contributed by atoms with van der Waals surface area (Å²) in [7, 11) is 1.47. The second kappa shape index (κ2) is 5.62. The second-order valence-corrected chi connectivity index (χ2v) is 5.53. The molecule has 0 heterocycles. The van der Waals surface area contributed by atoms with Gasteiger partial charge in [-0.15, -0.1) is 0 Å². The molecule has 1 aliphatic rings. The van der Waals surface area contributed by atoms with Crippen molar-refractivity contribution < 1.29 is 27.9 Å². The van der Waals surface area contributed by atoms with Crippen LogP contribution < -0.4 is 0 Å². The third kappa shape index (κ3) is 3.23. The van der Waals surface area contributed by atoms with Crippen LogP contribution in [0.15, 0.2) is 24.3 Å². The number of aliphatic carboxylic acids is 1. The Morgan fingerprint density at radius 3 is 2.45 bits per heavy atom. The van der Waals surface area contributed by atoms with Crippen molar-refractivity contribution in [1.82, 2.24) is 4.90 Å². The number of hydrogen-bond acceptors (Lipinski definition) is 2. The van der Waals surface area contributed by atoms with Gasteiger partial charge in [-0.2, -0.15) is 13.2 Å². The fraction of sp³-hybridized carbons (Fsp3) is 0.467. The second-order valence-electron chi connectivity index (χ2n) is 5.53. The third-order valence-electron chi connectivity index (χ3n) is 3.91. The van der Waals surface area contributed by atoms with Gasteiger partial charge in [-0.3, -0.25) is 9.59 Å². The van der Waals surface area contributed by atoms with Crippen LogP contribution in [0.4, 0.5) is 13.2 Å². The van der Waals surface area contributed by atoms with Crippen LogP contribution in [0.3, 0.4) is 0 Å². The zero-order chi connectivity index (χ0) is 16.5. The van der Waals surface area contributed by atoms with Crippen molar-refractivity contribution >= 4 is 11.9 Å². The van der Waals surface area contributed by atoms with Crippen molar-refractivity contribution in [2.24, 2.45) is 0 Å². The lowest BCUT2D eigenvalue weighted by atomic mass is 9.92. The van der Waals surface area contributed by atoms with E-state index in [1.165, 1.54) is 24.1 Å². The van der Waals surface area contributed by atoms with Gasteiger partial charge in [-0.05, 0) is 24.5 Å². The summed E-state index contributed by atoms with van der Waals surface area (Å²) in [5.41, 5.74) is -1.37. The number of carboxylic acid groups (broad SMARTS) is 1. The summed E-state index contributed by atoms with van der Waals surface area (Å²) in [6, 6.07) is 4.79. The van der Waals surface area contributed by atoms with Crippen LogP contribution in [0.25, 0.3) is 0 Å². The largest absolute Gasteiger partial charge is 0.481 e. The molecule has 0 aliphatic heterocycles. The number of amides is 1. The maximum absolute atomic E-state index is 12.8. The van der Waals surface area contributed by atoms with E-state index in [9.17, 15) is 22.8 Å². The molecule has 0 radical (unpaired) electrons. The predicted molar refractivity (Wildman–Crippen MR) is 72.2 cm³/mol. The van der Waals surface area contributed by atoms with E-state index in [1.54, 1.807) is 0 Å². The lowest BCUT2D eigenvalue weighted by molar-refractivity contribution is -0.140. The molecule has 0 bridgehead atoms. The van der Waals surface area contributed by atoms with Gasteiger partial charge < -0.3 is 10.0 Å². The Balaban J connectivity index is 2.20. The minimum absolute atomic E-state index is 0.0366. The molecule has 0 unspecified atom stereocenters. The van der Waals surface area contributed by atoms with Crippen molar-refractivity contribution in [3.8, 4) is 0 Å². The molecule has 0 aromatic heterocycles. The third-order valence-corrected chi connectivity index (χ3v) is 3.91. The number of carboxylic acids is 1. The highest BCUT2D eigenvalue weighted by Gasteiger charge is 2.52. The summed E-state index contributed by atoms with van der Waals surface area (Å²) in [5, 5.41) is 8.64. The van der Waals surface area contributed by atoms with Crippen LogP contribution in [0, 0.1) is 0 Å². The highest BCUT2D eigenvalue weighted by molar-refractivity contribution is 5.91. The number of hydrogen-bond donors (Lipinski definition) is 1. The minimum Gasteiger partial charge on any atom is -0.481 e. The molecular weight excluding hydrogens is 299 g/mol. The van der Waals surface area contributed by atoms with Crippen LogP contribution >= 0.6 is 0 Å². The first-order valence-corrected chi connectivity index (χ1v) is 6.82. The van der Waals surface area contributed by atoms with E-state index in [0.717, 1.165) is 12.1 Å². The molecule has 1 amide bonds. The first-order chi connectivity index (χ1) is 10.2. The fourth-order valence-electron chi connectivity index (χ4n) is 2.47. The molecular formula is C15H16F3NO3. The smallest absolute Gasteiger partial charge is 0.416 e. The Morgan fingerprint density at radius 2 is 1.95 bits per heavy atom. The summed E-state index contributed by atoms with van der Waals surface area (Å²) in [6.45, 7) is 0.0366. The Kier molecular flexibility index (Phi) is 4.17. The van der Waals surface area contributed by atoms with Crippen LogP contribution in [-0.4, -0.2) is 35.5 Å². The van der Waals surface area contributed by atoms with Gasteiger partial charge in [-0.25, -0.2) is 0 Å². The standard InChI is InChI=1S/C15H16F3NO3/c1-19(8-5-12(20)21)13(22)14(6-7-14)10-3-2-4-11(9-10)15(16,17)18/h2-4,9H,5-8H2,1H3,(H,20,21). The molecule has 7 heteroatoms. The Bertz CT molecular complexity index is 594. The number of halogens is 3. The van der Waals surface area contributed by atoms with Gasteiger partial charge in [0.2, 0.25) is 5.91 Å². The summed E-state index contributed by atoms with van der Waals surface area (Å²) in [5.74, 6) is -1.35. The van der Waals surface area contributed by atoms with Gasteiger partial charge in [-0.1, -0.05) is 18.2 Å². The minimum atomic E-state index is -4.45. The quantitative estimate of drug-likeness (QED) is 0.909. The normalized spacial score (nSPS) is 16.2. The van der Waals surface area contributed by atoms with E-state index in [4.69, 9.17) is 5.11 Å². The first-order valence-electron chi connectivity index (χ1n) is 6.82. The summed E-state index contributed by atoms with van der Waals surface area (Å²) < 4.78 is 38.4. The number of alkyl halides is 3. The molecule has 1 fully saturated rings. The van der Waals surface area contributed by atoms with Crippen molar-refractivity contribution in [3.63, 3.8) is 0 Å². The van der Waals surface area contributed by atoms with Gasteiger partial charge in [0.1, 0.15) is 0 Å². The van der Waals surface area contributed by atoms with Crippen LogP contribution in [0.5, 0.6) is 0 Å². The monoisotopic (exact) mass is 315 g/mol. The molecule has 1 saturated carbocycles. The summed E-state index contributed by atoms with van der Waals surface area (Å²) in [4.78, 5) is 24.3. The maximum atomic E-state index is 12.8. The van der Waals surface area contributed by atoms with Crippen molar-refractivity contribution in [3.05, 3.63) is 35.4 Å². The van der Waals surface area contributed by atoms with E-state index in [0.29, 0.717) is 18.4 Å². The predicted octanol–water partition coefficient (Wildman–Crippen LogP) is 2.67. The lowest BCUT2D eigenvalue weighted by Crippen LogP contribution is -2.37. The number of carbonyl (C=O) groups excluding carboxylic acids is 1. The van der Waals surface area contributed by atoms with Crippen molar-refractivity contribution in [2.75, 3.05) is 13.6 Å². The Hall–Kier alpha value is -2.05. The molecule has 1 aliphatic carbocycles.